The van der Waals surface area contributed by atoms with E-state index < -0.39 is 0 Å². The number of aromatic nitrogens is 1. The van der Waals surface area contributed by atoms with Gasteiger partial charge in [0.15, 0.2) is 0 Å². The summed E-state index contributed by atoms with van der Waals surface area (Å²) in [6.07, 6.45) is 7.22. The van der Waals surface area contributed by atoms with Gasteiger partial charge in [-0.1, -0.05) is 32.8 Å². The lowest BCUT2D eigenvalue weighted by Crippen LogP contribution is -2.28. The summed E-state index contributed by atoms with van der Waals surface area (Å²) in [5.74, 6) is 0.806. The van der Waals surface area contributed by atoms with Crippen LogP contribution in [0.2, 0.25) is 0 Å². The number of hydrogen-bond donors (Lipinski definition) is 2. The average molecular weight is 262 g/mol. The van der Waals surface area contributed by atoms with E-state index >= 15 is 0 Å². The van der Waals surface area contributed by atoms with Gasteiger partial charge in [-0.25, -0.2) is 0 Å². The maximum absolute atomic E-state index is 11.3. The molecule has 3 nitrogen and oxygen atoms in total. The number of hydrogen-bond acceptors (Lipinski definition) is 2. The Labute approximate surface area is 115 Å². The van der Waals surface area contributed by atoms with Crippen molar-refractivity contribution in [3.05, 3.63) is 33.7 Å². The van der Waals surface area contributed by atoms with E-state index in [1.54, 1.807) is 6.07 Å². The van der Waals surface area contributed by atoms with Crippen molar-refractivity contribution in [3.63, 3.8) is 0 Å². The van der Waals surface area contributed by atoms with Crippen molar-refractivity contribution in [2.75, 3.05) is 6.54 Å². The van der Waals surface area contributed by atoms with Crippen molar-refractivity contribution in [3.8, 4) is 0 Å². The molecule has 1 aromatic rings. The number of pyridine rings is 1. The second-order valence-corrected chi connectivity index (χ2v) is 6.05. The van der Waals surface area contributed by atoms with E-state index in [-0.39, 0.29) is 5.56 Å². The van der Waals surface area contributed by atoms with E-state index in [0.29, 0.717) is 6.04 Å². The number of nitrogens with one attached hydrogen (secondary N) is 2. The van der Waals surface area contributed by atoms with Crippen LogP contribution in [0.15, 0.2) is 16.9 Å². The molecule has 0 saturated heterocycles. The van der Waals surface area contributed by atoms with Gasteiger partial charge >= 0.3 is 0 Å². The van der Waals surface area contributed by atoms with Gasteiger partial charge in [0.1, 0.15) is 0 Å². The molecular formula is C16H26N2O. The Morgan fingerprint density at radius 3 is 3.00 bits per heavy atom. The van der Waals surface area contributed by atoms with Crippen LogP contribution in [0.25, 0.3) is 0 Å². The number of aromatic amines is 1. The number of unbranched alkanes of at least 4 members (excludes halogenated alkanes) is 1. The van der Waals surface area contributed by atoms with Gasteiger partial charge in [-0.15, -0.1) is 0 Å². The molecule has 0 radical (unpaired) electrons. The minimum absolute atomic E-state index is 0.0244. The molecule has 2 rings (SSSR count). The van der Waals surface area contributed by atoms with Crippen molar-refractivity contribution in [2.45, 2.75) is 58.4 Å². The van der Waals surface area contributed by atoms with Crippen LogP contribution in [0.4, 0.5) is 0 Å². The van der Waals surface area contributed by atoms with Gasteiger partial charge in [0.05, 0.1) is 0 Å². The lowest BCUT2D eigenvalue weighted by atomic mass is 9.91. The molecule has 1 atom stereocenters. The molecular weight excluding hydrogens is 236 g/mol. The summed E-state index contributed by atoms with van der Waals surface area (Å²) in [6.45, 7) is 5.64. The van der Waals surface area contributed by atoms with Gasteiger partial charge in [-0.2, -0.15) is 0 Å². The first-order valence-electron chi connectivity index (χ1n) is 7.62. The second kappa shape index (κ2) is 6.90. The molecule has 1 aromatic heterocycles. The molecule has 0 saturated carbocycles. The molecule has 0 fully saturated rings. The molecule has 0 aliphatic heterocycles. The zero-order chi connectivity index (χ0) is 13.7. The summed E-state index contributed by atoms with van der Waals surface area (Å²) in [5, 5.41) is 3.65. The summed E-state index contributed by atoms with van der Waals surface area (Å²) in [6, 6.07) is 4.08. The summed E-state index contributed by atoms with van der Waals surface area (Å²) in [4.78, 5) is 14.3. The Morgan fingerprint density at radius 1 is 1.37 bits per heavy atom. The molecule has 106 valence electrons. The summed E-state index contributed by atoms with van der Waals surface area (Å²) < 4.78 is 0. The Morgan fingerprint density at radius 2 is 2.21 bits per heavy atom. The number of fused-ring (bicyclic) bond motifs is 1. The Balaban J connectivity index is 1.84. The molecule has 1 heterocycles. The van der Waals surface area contributed by atoms with Gasteiger partial charge in [0, 0.05) is 17.8 Å². The van der Waals surface area contributed by atoms with Crippen LogP contribution in [-0.2, 0) is 6.42 Å². The van der Waals surface area contributed by atoms with Crippen molar-refractivity contribution in [1.29, 1.82) is 0 Å². The van der Waals surface area contributed by atoms with E-state index in [1.807, 2.05) is 6.07 Å². The summed E-state index contributed by atoms with van der Waals surface area (Å²) in [5.41, 5.74) is 2.46. The van der Waals surface area contributed by atoms with Gasteiger partial charge in [-0.05, 0) is 43.7 Å². The highest BCUT2D eigenvalue weighted by atomic mass is 16.1. The smallest absolute Gasteiger partial charge is 0.248 e. The standard InChI is InChI=1S/C16H26N2O/c1-12(2)6-3-4-11-17-14-7-5-8-15-13(14)9-10-16(19)18-15/h9-10,12,14,17H,3-8,11H2,1-2H3,(H,18,19). The Kier molecular flexibility index (Phi) is 5.20. The van der Waals surface area contributed by atoms with Crippen LogP contribution < -0.4 is 10.9 Å². The lowest BCUT2D eigenvalue weighted by molar-refractivity contribution is 0.437. The third kappa shape index (κ3) is 4.20. The van der Waals surface area contributed by atoms with Crippen LogP contribution in [0, 0.1) is 5.92 Å². The van der Waals surface area contributed by atoms with E-state index in [4.69, 9.17) is 0 Å². The van der Waals surface area contributed by atoms with Crippen molar-refractivity contribution in [1.82, 2.24) is 10.3 Å². The minimum atomic E-state index is 0.0244. The van der Waals surface area contributed by atoms with E-state index in [0.717, 1.165) is 31.0 Å². The SMILES string of the molecule is CC(C)CCCCNC1CCCc2[nH]c(=O)ccc21. The minimum Gasteiger partial charge on any atom is -0.326 e. The van der Waals surface area contributed by atoms with E-state index in [2.05, 4.69) is 24.1 Å². The number of rotatable bonds is 6. The molecule has 1 aliphatic carbocycles. The zero-order valence-corrected chi connectivity index (χ0v) is 12.2. The molecule has 0 amide bonds. The molecule has 0 bridgehead atoms. The lowest BCUT2D eigenvalue weighted by Gasteiger charge is -2.26. The fraction of sp³-hybridized carbons (Fsp3) is 0.688. The van der Waals surface area contributed by atoms with Crippen LogP contribution in [0.3, 0.4) is 0 Å². The predicted octanol–water partition coefficient (Wildman–Crippen LogP) is 3.17. The quantitative estimate of drug-likeness (QED) is 0.773. The molecule has 1 unspecified atom stereocenters. The van der Waals surface area contributed by atoms with E-state index in [1.165, 1.54) is 31.2 Å². The fourth-order valence-corrected chi connectivity index (χ4v) is 2.87. The predicted molar refractivity (Wildman–Crippen MR) is 79.4 cm³/mol. The van der Waals surface area contributed by atoms with Crippen LogP contribution in [-0.4, -0.2) is 11.5 Å². The van der Waals surface area contributed by atoms with Gasteiger partial charge < -0.3 is 10.3 Å². The van der Waals surface area contributed by atoms with Gasteiger partial charge in [0.25, 0.3) is 0 Å². The molecule has 3 heteroatoms. The molecule has 2 N–H and O–H groups in total. The summed E-state index contributed by atoms with van der Waals surface area (Å²) >= 11 is 0. The highest BCUT2D eigenvalue weighted by Crippen LogP contribution is 2.27. The van der Waals surface area contributed by atoms with Crippen molar-refractivity contribution in [2.24, 2.45) is 5.92 Å². The topological polar surface area (TPSA) is 44.9 Å². The summed E-state index contributed by atoms with van der Waals surface area (Å²) in [7, 11) is 0. The molecule has 19 heavy (non-hydrogen) atoms. The zero-order valence-electron chi connectivity index (χ0n) is 12.2. The monoisotopic (exact) mass is 262 g/mol. The van der Waals surface area contributed by atoms with E-state index in [9.17, 15) is 4.79 Å². The fourth-order valence-electron chi connectivity index (χ4n) is 2.87. The maximum atomic E-state index is 11.3. The van der Waals surface area contributed by atoms with Crippen LogP contribution in [0.5, 0.6) is 0 Å². The molecule has 0 spiro atoms. The van der Waals surface area contributed by atoms with Crippen molar-refractivity contribution < 1.29 is 0 Å². The number of aryl methyl sites for hydroxylation is 1. The first kappa shape index (κ1) is 14.3. The third-order valence-corrected chi connectivity index (χ3v) is 3.93. The Bertz CT molecular complexity index is 450. The van der Waals surface area contributed by atoms with Gasteiger partial charge in [0.2, 0.25) is 5.56 Å². The average Bonchev–Trinajstić information content (AvgIpc) is 2.37. The highest BCUT2D eigenvalue weighted by molar-refractivity contribution is 5.26. The molecule has 0 aromatic carbocycles. The highest BCUT2D eigenvalue weighted by Gasteiger charge is 2.19. The normalized spacial score (nSPS) is 18.6. The first-order valence-corrected chi connectivity index (χ1v) is 7.62. The molecule has 1 aliphatic rings. The largest absolute Gasteiger partial charge is 0.326 e. The first-order chi connectivity index (χ1) is 9.16. The van der Waals surface area contributed by atoms with Crippen molar-refractivity contribution >= 4 is 0 Å². The number of H-pyrrole nitrogens is 1. The second-order valence-electron chi connectivity index (χ2n) is 6.05. The third-order valence-electron chi connectivity index (χ3n) is 3.93. The maximum Gasteiger partial charge on any atom is 0.248 e. The Hall–Kier alpha value is -1.09. The van der Waals surface area contributed by atoms with Crippen LogP contribution in [0.1, 0.15) is 63.3 Å². The van der Waals surface area contributed by atoms with Gasteiger partial charge in [-0.3, -0.25) is 4.79 Å². The van der Waals surface area contributed by atoms with Crippen LogP contribution >= 0.6 is 0 Å².